The Balaban J connectivity index is 0.000000143. The van der Waals surface area contributed by atoms with Gasteiger partial charge in [-0.2, -0.15) is 0 Å². The standard InChI is InChI=1S/C29H29N7O3.C25H27N7O3.C24H26N8O2/c1-5-30-29(38)35-28-33-24-15-21(14-23(26(24)34-28)27-31-10-7-11-32-27)20-12-17(2)36(25(37)16-20)18(3)19-8-6-9-22(13-19)39-4;1-3-35-25(33)31-24-29-21-14-18(13-19(22(21)30-24)23-26-7-4-8-27-23)17-5-6-20(28-15-17)16(2)32-9-11-34-12-10-32;1-2-25-24(33)31-23-29-20-13-17(12-19(21(20)30-23)22-26-6-3-7-27-22)16-4-5-18(28-14-16)15-32-8-10-34-11-9-32/h6-16,18H,5H2,1-4H3,(H3,30,33,34,35,38);4-8,13-16H,3,9-12H2,1-2H3,(H2,29,30,31,33);3-7,12-14H,2,8-11,15H2,1H3,(H3,25,29,30,31,33)/t18-;;/m0../s1. The number of urea groups is 2. The zero-order valence-corrected chi connectivity index (χ0v) is 60.8. The number of aromatic amines is 3. The van der Waals surface area contributed by atoms with Gasteiger partial charge in [0.25, 0.3) is 5.56 Å². The van der Waals surface area contributed by atoms with Crippen molar-refractivity contribution in [2.24, 2.45) is 0 Å². The maximum absolute atomic E-state index is 13.4. The number of ether oxygens (including phenoxy) is 4. The molecule has 9 aromatic heterocycles. The molecule has 8 N–H and O–H groups in total. The summed E-state index contributed by atoms with van der Waals surface area (Å²) in [6.45, 7) is 20.3. The van der Waals surface area contributed by atoms with Crippen LogP contribution in [0, 0.1) is 6.92 Å². The number of anilines is 3. The second kappa shape index (κ2) is 34.4. The third-order valence-electron chi connectivity index (χ3n) is 18.2. The summed E-state index contributed by atoms with van der Waals surface area (Å²) in [6, 6.07) is 36.0. The molecule has 0 spiro atoms. The molecule has 30 nitrogen and oxygen atoms in total. The van der Waals surface area contributed by atoms with E-state index in [1.54, 1.807) is 80.0 Å². The van der Waals surface area contributed by atoms with Crippen molar-refractivity contribution in [3.63, 3.8) is 0 Å². The van der Waals surface area contributed by atoms with Crippen molar-refractivity contribution < 1.29 is 33.3 Å². The van der Waals surface area contributed by atoms with Crippen LogP contribution in [-0.2, 0) is 20.8 Å². The van der Waals surface area contributed by atoms with Gasteiger partial charge in [-0.15, -0.1) is 0 Å². The molecule has 13 aromatic rings. The lowest BCUT2D eigenvalue weighted by Crippen LogP contribution is -2.38. The van der Waals surface area contributed by atoms with Crippen LogP contribution in [0.4, 0.5) is 32.2 Å². The van der Waals surface area contributed by atoms with Crippen molar-refractivity contribution in [1.82, 2.24) is 94.8 Å². The molecule has 0 bridgehead atoms. The molecule has 0 radical (unpaired) electrons. The molecule has 5 amide bonds. The summed E-state index contributed by atoms with van der Waals surface area (Å²) in [5.41, 5.74) is 15.4. The van der Waals surface area contributed by atoms with E-state index in [2.05, 4.69) is 127 Å². The summed E-state index contributed by atoms with van der Waals surface area (Å²) in [5, 5.41) is 13.5. The van der Waals surface area contributed by atoms with E-state index >= 15 is 0 Å². The second-order valence-corrected chi connectivity index (χ2v) is 25.3. The molecular weight excluding hydrogens is 1370 g/mol. The third-order valence-corrected chi connectivity index (χ3v) is 18.2. The Morgan fingerprint density at radius 3 is 1.44 bits per heavy atom. The highest BCUT2D eigenvalue weighted by Crippen LogP contribution is 2.37. The molecule has 2 aliphatic heterocycles. The number of pyridine rings is 3. The largest absolute Gasteiger partial charge is 0.497 e. The number of methoxy groups -OCH3 is 1. The lowest BCUT2D eigenvalue weighted by molar-refractivity contribution is 0.0190. The van der Waals surface area contributed by atoms with Gasteiger partial charge in [-0.25, -0.2) is 59.2 Å². The molecule has 2 saturated heterocycles. The van der Waals surface area contributed by atoms with Crippen molar-refractivity contribution in [2.75, 3.05) is 95.4 Å². The predicted octanol–water partition coefficient (Wildman–Crippen LogP) is 12.0. The smallest absolute Gasteiger partial charge is 0.413 e. The van der Waals surface area contributed by atoms with Gasteiger partial charge in [-0.3, -0.25) is 40.5 Å². The second-order valence-electron chi connectivity index (χ2n) is 25.3. The van der Waals surface area contributed by atoms with Gasteiger partial charge in [0.1, 0.15) is 22.3 Å². The molecule has 11 heterocycles. The SMILES string of the molecule is CCNC(=O)Nc1nc2c(-c3ncccn3)cc(-c3cc(C)n([C@@H](C)c4cccc(OC)c4)c(=O)c3)cc2[nH]1.CCNC(=O)Nc1nc2c(-c3ncccn3)cc(-c3ccc(CN4CCOCC4)nc3)cc2[nH]1.CCOC(=O)Nc1nc2c(-c3ncccn3)cc(-c3ccc(C(C)N4CCOCC4)nc3)cc2[nH]1. The number of carbonyl (C=O) groups excluding carboxylic acids is 3. The number of hydrogen-bond acceptors (Lipinski definition) is 21. The fourth-order valence-corrected chi connectivity index (χ4v) is 12.8. The predicted molar refractivity (Wildman–Crippen MR) is 412 cm³/mol. The van der Waals surface area contributed by atoms with Crippen LogP contribution >= 0.6 is 0 Å². The summed E-state index contributed by atoms with van der Waals surface area (Å²) in [6.07, 6.45) is 13.3. The Kier molecular flexibility index (Phi) is 23.4. The lowest BCUT2D eigenvalue weighted by Gasteiger charge is -2.31. The molecule has 0 saturated carbocycles. The highest BCUT2D eigenvalue weighted by Gasteiger charge is 2.24. The van der Waals surface area contributed by atoms with Crippen LogP contribution in [0.3, 0.4) is 0 Å². The minimum absolute atomic E-state index is 0.124. The number of aryl methyl sites for hydroxylation is 1. The molecule has 2 atom stereocenters. The molecule has 2 aliphatic rings. The highest BCUT2D eigenvalue weighted by molar-refractivity contribution is 6.00. The Morgan fingerprint density at radius 1 is 0.519 bits per heavy atom. The number of carbonyl (C=O) groups is 3. The van der Waals surface area contributed by atoms with Gasteiger partial charge in [-0.05, 0) is 154 Å². The molecular formula is C78H82N22O8. The Labute approximate surface area is 621 Å². The third kappa shape index (κ3) is 17.6. The molecule has 4 aromatic carbocycles. The van der Waals surface area contributed by atoms with Crippen molar-refractivity contribution in [1.29, 1.82) is 0 Å². The van der Waals surface area contributed by atoms with E-state index in [1.165, 1.54) is 0 Å². The highest BCUT2D eigenvalue weighted by atomic mass is 16.5. The maximum Gasteiger partial charge on any atom is 0.413 e. The summed E-state index contributed by atoms with van der Waals surface area (Å²) >= 11 is 0. The van der Waals surface area contributed by atoms with E-state index in [-0.39, 0.29) is 36.3 Å². The molecule has 1 unspecified atom stereocenters. The van der Waals surface area contributed by atoms with Gasteiger partial charge >= 0.3 is 18.2 Å². The fraction of sp³-hybridized carbons (Fsp3) is 0.269. The number of aromatic nitrogens is 15. The summed E-state index contributed by atoms with van der Waals surface area (Å²) in [4.78, 5) is 113. The number of rotatable bonds is 19. The van der Waals surface area contributed by atoms with Gasteiger partial charge < -0.3 is 49.1 Å². The Hall–Kier alpha value is -12.8. The number of nitrogens with zero attached hydrogens (tertiary/aromatic N) is 14. The van der Waals surface area contributed by atoms with Gasteiger partial charge in [0.2, 0.25) is 17.8 Å². The van der Waals surface area contributed by atoms with Crippen LogP contribution in [0.1, 0.15) is 69.3 Å². The molecule has 15 rings (SSSR count). The van der Waals surface area contributed by atoms with Crippen LogP contribution in [0.15, 0.2) is 170 Å². The van der Waals surface area contributed by atoms with Crippen LogP contribution in [0.5, 0.6) is 5.75 Å². The first kappa shape index (κ1) is 73.5. The molecule has 108 heavy (non-hydrogen) atoms. The Morgan fingerprint density at radius 2 is 0.991 bits per heavy atom. The van der Waals surface area contributed by atoms with E-state index < -0.39 is 6.09 Å². The summed E-state index contributed by atoms with van der Waals surface area (Å²) < 4.78 is 23.0. The van der Waals surface area contributed by atoms with E-state index in [1.807, 2.05) is 107 Å². The van der Waals surface area contributed by atoms with E-state index in [4.69, 9.17) is 28.9 Å². The lowest BCUT2D eigenvalue weighted by atomic mass is 10.0. The zero-order valence-electron chi connectivity index (χ0n) is 60.8. The number of nitrogens with one attached hydrogen (secondary N) is 8. The van der Waals surface area contributed by atoms with Gasteiger partial charge in [-0.1, -0.05) is 24.3 Å². The minimum atomic E-state index is -0.571. The first-order valence-electron chi connectivity index (χ1n) is 35.6. The number of H-pyrrole nitrogens is 3. The van der Waals surface area contributed by atoms with Crippen molar-refractivity contribution in [2.45, 2.75) is 60.2 Å². The van der Waals surface area contributed by atoms with Crippen LogP contribution in [0.2, 0.25) is 0 Å². The normalized spacial score (nSPS) is 13.7. The number of amides is 5. The first-order valence-corrected chi connectivity index (χ1v) is 35.6. The number of benzene rings is 4. The van der Waals surface area contributed by atoms with E-state index in [9.17, 15) is 19.2 Å². The molecule has 30 heteroatoms. The van der Waals surface area contributed by atoms with Crippen molar-refractivity contribution in [3.05, 3.63) is 198 Å². The van der Waals surface area contributed by atoms with Gasteiger partial charge in [0, 0.05) is 141 Å². The fourth-order valence-electron chi connectivity index (χ4n) is 12.8. The number of fused-ring (bicyclic) bond motifs is 3. The van der Waals surface area contributed by atoms with E-state index in [0.717, 1.165) is 143 Å². The monoisotopic (exact) mass is 1450 g/mol. The molecule has 552 valence electrons. The summed E-state index contributed by atoms with van der Waals surface area (Å²) in [7, 11) is 1.63. The first-order chi connectivity index (χ1) is 52.7. The number of morpholine rings is 2. The number of imidazole rings is 3. The van der Waals surface area contributed by atoms with Gasteiger partial charge in [0.05, 0.1) is 74.1 Å². The van der Waals surface area contributed by atoms with Crippen LogP contribution in [-0.4, -0.2) is 182 Å². The quantitative estimate of drug-likeness (QED) is 0.0373. The molecule has 2 fully saturated rings. The Bertz CT molecular complexity index is 5320. The maximum atomic E-state index is 13.4. The van der Waals surface area contributed by atoms with Crippen LogP contribution in [0.25, 0.3) is 101 Å². The van der Waals surface area contributed by atoms with Crippen molar-refractivity contribution in [3.8, 4) is 73.3 Å². The average Bonchev–Trinajstić information content (AvgIpc) is 1.58. The molecule has 0 aliphatic carbocycles. The topological polar surface area (TPSA) is 366 Å². The number of hydrogen-bond donors (Lipinski definition) is 8. The summed E-state index contributed by atoms with van der Waals surface area (Å²) in [5.74, 6) is 3.27. The zero-order chi connectivity index (χ0) is 75.0. The van der Waals surface area contributed by atoms with E-state index in [0.29, 0.717) is 76.0 Å². The minimum Gasteiger partial charge on any atom is -0.497 e. The van der Waals surface area contributed by atoms with Crippen LogP contribution < -0.4 is 36.9 Å². The van der Waals surface area contributed by atoms with Gasteiger partial charge in [0.15, 0.2) is 17.5 Å². The average molecular weight is 1460 g/mol. The van der Waals surface area contributed by atoms with Crippen molar-refractivity contribution >= 4 is 69.1 Å².